The number of imidazole rings is 1. The number of hydrogen-bond acceptors (Lipinski definition) is 5. The number of rotatable bonds is 2. The smallest absolute Gasteiger partial charge is 0.242 e. The van der Waals surface area contributed by atoms with Gasteiger partial charge in [0, 0.05) is 0 Å². The minimum atomic E-state index is -0.618. The van der Waals surface area contributed by atoms with Crippen LogP contribution in [0.15, 0.2) is 24.5 Å². The molecule has 0 amide bonds. The van der Waals surface area contributed by atoms with Crippen LogP contribution in [0.5, 0.6) is 5.88 Å². The molecular weight excluding hydrogens is 293 g/mol. The van der Waals surface area contributed by atoms with Crippen LogP contribution < -0.4 is 4.74 Å². The number of hydrogen-bond donors (Lipinski definition) is 1. The lowest BCUT2D eigenvalue weighted by atomic mass is 10.2. The maximum absolute atomic E-state index is 13.8. The molecule has 0 bridgehead atoms. The molecule has 1 aromatic carbocycles. The van der Waals surface area contributed by atoms with Crippen molar-refractivity contribution in [2.24, 2.45) is 0 Å². The monoisotopic (exact) mass is 301 g/mol. The number of methoxy groups -OCH3 is 1. The minimum Gasteiger partial charge on any atom is -0.479 e. The quantitative estimate of drug-likeness (QED) is 0.736. The zero-order chi connectivity index (χ0) is 15.0. The van der Waals surface area contributed by atoms with Gasteiger partial charge < -0.3 is 9.72 Å². The summed E-state index contributed by atoms with van der Waals surface area (Å²) in [7, 11) is 1.47. The average Bonchev–Trinajstić information content (AvgIpc) is 2.82. The fraction of sp³-hybridized carbons (Fsp3) is 0.0769. The van der Waals surface area contributed by atoms with Crippen molar-refractivity contribution in [1.29, 1.82) is 5.26 Å². The Morgan fingerprint density at radius 1 is 1.43 bits per heavy atom. The lowest BCUT2D eigenvalue weighted by Crippen LogP contribution is -2.01. The topological polar surface area (TPSA) is 79.5 Å². The lowest BCUT2D eigenvalue weighted by Gasteiger charge is -2.06. The molecule has 0 saturated heterocycles. The summed E-state index contributed by atoms with van der Waals surface area (Å²) in [6.45, 7) is 0. The van der Waals surface area contributed by atoms with Gasteiger partial charge in [-0.15, -0.1) is 0 Å². The number of H-pyrrole nitrogens is 1. The molecule has 0 aliphatic heterocycles. The van der Waals surface area contributed by atoms with Gasteiger partial charge >= 0.3 is 0 Å². The van der Waals surface area contributed by atoms with E-state index in [9.17, 15) is 4.39 Å². The summed E-state index contributed by atoms with van der Waals surface area (Å²) in [5.74, 6) is -0.299. The molecule has 0 aliphatic carbocycles. The third-order valence-corrected chi connectivity index (χ3v) is 3.26. The Labute approximate surface area is 123 Å². The van der Waals surface area contributed by atoms with Gasteiger partial charge in [-0.25, -0.2) is 9.37 Å². The summed E-state index contributed by atoms with van der Waals surface area (Å²) in [4.78, 5) is 11.0. The second-order valence-electron chi connectivity index (χ2n) is 4.09. The van der Waals surface area contributed by atoms with E-state index in [-0.39, 0.29) is 10.3 Å². The van der Waals surface area contributed by atoms with Gasteiger partial charge in [0.15, 0.2) is 10.4 Å². The van der Waals surface area contributed by atoms with Gasteiger partial charge in [-0.05, 0) is 24.4 Å². The van der Waals surface area contributed by atoms with Gasteiger partial charge in [0.2, 0.25) is 5.88 Å². The SMILES string of the molecule is COc1ncnc2c1[nH]c(=S)n2-c1cccc(F)c1C#N. The van der Waals surface area contributed by atoms with E-state index in [2.05, 4.69) is 15.0 Å². The molecule has 104 valence electrons. The second kappa shape index (κ2) is 4.96. The number of aromatic amines is 1. The first-order valence-corrected chi connectivity index (χ1v) is 6.27. The van der Waals surface area contributed by atoms with Crippen LogP contribution in [0.2, 0.25) is 0 Å². The Hall–Kier alpha value is -2.79. The molecule has 2 aromatic heterocycles. The van der Waals surface area contributed by atoms with Crippen molar-refractivity contribution in [2.75, 3.05) is 7.11 Å². The Morgan fingerprint density at radius 3 is 2.95 bits per heavy atom. The van der Waals surface area contributed by atoms with E-state index in [1.807, 2.05) is 6.07 Å². The molecule has 1 N–H and O–H groups in total. The van der Waals surface area contributed by atoms with E-state index in [0.29, 0.717) is 22.7 Å². The molecule has 0 saturated carbocycles. The summed E-state index contributed by atoms with van der Waals surface area (Å²) < 4.78 is 20.7. The molecule has 0 spiro atoms. The van der Waals surface area contributed by atoms with Gasteiger partial charge in [-0.1, -0.05) is 6.07 Å². The van der Waals surface area contributed by atoms with Crippen molar-refractivity contribution in [3.63, 3.8) is 0 Å². The summed E-state index contributed by atoms with van der Waals surface area (Å²) in [6.07, 6.45) is 1.31. The highest BCUT2D eigenvalue weighted by Gasteiger charge is 2.17. The predicted molar refractivity (Wildman–Crippen MR) is 75.3 cm³/mol. The molecule has 3 aromatic rings. The third-order valence-electron chi connectivity index (χ3n) is 2.98. The van der Waals surface area contributed by atoms with Crippen LogP contribution in [0.3, 0.4) is 0 Å². The van der Waals surface area contributed by atoms with Crippen LogP contribution in [0, 0.1) is 21.9 Å². The fourth-order valence-corrected chi connectivity index (χ4v) is 2.37. The summed E-state index contributed by atoms with van der Waals surface area (Å²) >= 11 is 5.25. The molecular formula is C13H8FN5OS. The number of fused-ring (bicyclic) bond motifs is 1. The van der Waals surface area contributed by atoms with Gasteiger partial charge in [-0.3, -0.25) is 4.57 Å². The largest absolute Gasteiger partial charge is 0.479 e. The summed E-state index contributed by atoms with van der Waals surface area (Å²) in [5.41, 5.74) is 1.11. The highest BCUT2D eigenvalue weighted by atomic mass is 32.1. The molecule has 2 heterocycles. The molecule has 0 atom stereocenters. The number of nitrogens with one attached hydrogen (secondary N) is 1. The fourth-order valence-electron chi connectivity index (χ4n) is 2.09. The third kappa shape index (κ3) is 1.95. The van der Waals surface area contributed by atoms with Crippen molar-refractivity contribution in [1.82, 2.24) is 19.5 Å². The molecule has 0 aliphatic rings. The summed E-state index contributed by atoms with van der Waals surface area (Å²) in [5, 5.41) is 9.16. The number of aromatic nitrogens is 4. The maximum Gasteiger partial charge on any atom is 0.242 e. The number of benzene rings is 1. The van der Waals surface area contributed by atoms with Crippen molar-refractivity contribution >= 4 is 23.4 Å². The van der Waals surface area contributed by atoms with Gasteiger partial charge in [-0.2, -0.15) is 10.2 Å². The molecule has 0 radical (unpaired) electrons. The van der Waals surface area contributed by atoms with Crippen LogP contribution >= 0.6 is 12.2 Å². The van der Waals surface area contributed by atoms with Crippen molar-refractivity contribution < 1.29 is 9.13 Å². The van der Waals surface area contributed by atoms with Crippen LogP contribution in [-0.2, 0) is 0 Å². The zero-order valence-corrected chi connectivity index (χ0v) is 11.6. The van der Waals surface area contributed by atoms with E-state index in [1.54, 1.807) is 6.07 Å². The van der Waals surface area contributed by atoms with E-state index in [4.69, 9.17) is 22.2 Å². The maximum atomic E-state index is 13.8. The molecule has 8 heteroatoms. The van der Waals surface area contributed by atoms with Crippen molar-refractivity contribution in [3.05, 3.63) is 40.7 Å². The number of nitriles is 1. The van der Waals surface area contributed by atoms with E-state index >= 15 is 0 Å². The van der Waals surface area contributed by atoms with Crippen LogP contribution in [0.1, 0.15) is 5.56 Å². The standard InChI is InChI=1S/C13H8FN5OS/c1-20-12-10-11(16-6-17-12)19(13(21)18-10)9-4-2-3-8(14)7(9)5-15/h2-4,6H,1H3,(H,18,21). The predicted octanol–water partition coefficient (Wildman–Crippen LogP) is 2.50. The van der Waals surface area contributed by atoms with Crippen molar-refractivity contribution in [3.8, 4) is 17.6 Å². The Kier molecular flexibility index (Phi) is 3.12. The number of nitrogens with zero attached hydrogens (tertiary/aromatic N) is 4. The highest BCUT2D eigenvalue weighted by molar-refractivity contribution is 7.71. The number of ether oxygens (including phenoxy) is 1. The Morgan fingerprint density at radius 2 is 2.24 bits per heavy atom. The van der Waals surface area contributed by atoms with Gasteiger partial charge in [0.05, 0.1) is 12.8 Å². The van der Waals surface area contributed by atoms with Crippen molar-refractivity contribution in [2.45, 2.75) is 0 Å². The normalized spacial score (nSPS) is 10.5. The molecule has 6 nitrogen and oxygen atoms in total. The summed E-state index contributed by atoms with van der Waals surface area (Å²) in [6, 6.07) is 6.16. The zero-order valence-electron chi connectivity index (χ0n) is 10.8. The molecule has 3 rings (SSSR count). The van der Waals surface area contributed by atoms with E-state index in [1.165, 1.54) is 30.1 Å². The van der Waals surface area contributed by atoms with Gasteiger partial charge in [0.25, 0.3) is 0 Å². The Bertz CT molecular complexity index is 940. The lowest BCUT2D eigenvalue weighted by molar-refractivity contribution is 0.401. The first kappa shape index (κ1) is 13.2. The minimum absolute atomic E-state index is 0.105. The highest BCUT2D eigenvalue weighted by Crippen LogP contribution is 2.25. The Balaban J connectivity index is 2.43. The van der Waals surface area contributed by atoms with Crippen LogP contribution in [0.4, 0.5) is 4.39 Å². The first-order valence-electron chi connectivity index (χ1n) is 5.86. The van der Waals surface area contributed by atoms with Gasteiger partial charge in [0.1, 0.15) is 29.3 Å². The van der Waals surface area contributed by atoms with E-state index < -0.39 is 5.82 Å². The molecule has 0 unspecified atom stereocenters. The average molecular weight is 301 g/mol. The first-order chi connectivity index (χ1) is 10.2. The second-order valence-corrected chi connectivity index (χ2v) is 4.48. The van der Waals surface area contributed by atoms with Crippen LogP contribution in [-0.4, -0.2) is 26.6 Å². The number of halogens is 1. The molecule has 21 heavy (non-hydrogen) atoms. The van der Waals surface area contributed by atoms with Crippen LogP contribution in [0.25, 0.3) is 16.9 Å². The van der Waals surface area contributed by atoms with E-state index in [0.717, 1.165) is 0 Å². The molecule has 0 fully saturated rings.